The number of anilines is 2. The SMILES string of the molecule is NC1CN(c2cc(N3CCS(O)(O)c4ccccc4C3)nc3c(Cl)cccc23)CC1F. The molecule has 164 valence electrons. The van der Waals surface area contributed by atoms with Crippen LogP contribution < -0.4 is 15.5 Å². The zero-order valence-corrected chi connectivity index (χ0v) is 18.4. The molecule has 2 aliphatic heterocycles. The Hall–Kier alpha value is -2.10. The number of hydrogen-bond acceptors (Lipinski definition) is 6. The van der Waals surface area contributed by atoms with Crippen LogP contribution in [0.1, 0.15) is 5.56 Å². The van der Waals surface area contributed by atoms with Gasteiger partial charge in [-0.05, 0) is 17.7 Å². The van der Waals surface area contributed by atoms with E-state index in [0.717, 1.165) is 16.6 Å². The molecule has 0 aliphatic carbocycles. The molecule has 5 rings (SSSR count). The summed E-state index contributed by atoms with van der Waals surface area (Å²) in [6, 6.07) is 14.4. The number of halogens is 2. The van der Waals surface area contributed by atoms with E-state index < -0.39 is 22.8 Å². The van der Waals surface area contributed by atoms with E-state index in [1.165, 1.54) is 0 Å². The van der Waals surface area contributed by atoms with Crippen molar-refractivity contribution in [2.24, 2.45) is 5.73 Å². The molecule has 9 heteroatoms. The largest absolute Gasteiger partial charge is 0.366 e. The third-order valence-corrected chi connectivity index (χ3v) is 8.20. The molecule has 1 fully saturated rings. The van der Waals surface area contributed by atoms with Crippen LogP contribution in [0.25, 0.3) is 10.9 Å². The van der Waals surface area contributed by atoms with Crippen molar-refractivity contribution in [3.05, 3.63) is 59.1 Å². The number of nitrogens with two attached hydrogens (primary N) is 1. The van der Waals surface area contributed by atoms with Crippen molar-refractivity contribution < 1.29 is 13.5 Å². The van der Waals surface area contributed by atoms with Crippen LogP contribution >= 0.6 is 22.2 Å². The Labute approximate surface area is 186 Å². The van der Waals surface area contributed by atoms with Gasteiger partial charge >= 0.3 is 0 Å². The van der Waals surface area contributed by atoms with Gasteiger partial charge in [0.05, 0.1) is 39.5 Å². The maximum atomic E-state index is 14.2. The number of nitrogens with zero attached hydrogens (tertiary/aromatic N) is 3. The fourth-order valence-electron chi connectivity index (χ4n) is 4.37. The van der Waals surface area contributed by atoms with E-state index in [0.29, 0.717) is 40.9 Å². The molecular weight excluding hydrogens is 439 g/mol. The predicted molar refractivity (Wildman–Crippen MR) is 125 cm³/mol. The monoisotopic (exact) mass is 462 g/mol. The number of fused-ring (bicyclic) bond motifs is 2. The molecule has 1 saturated heterocycles. The summed E-state index contributed by atoms with van der Waals surface area (Å²) in [5.74, 6) is 0.876. The summed E-state index contributed by atoms with van der Waals surface area (Å²) in [7, 11) is -2.88. The Bertz CT molecular complexity index is 1140. The van der Waals surface area contributed by atoms with Crippen LogP contribution in [-0.4, -0.2) is 51.7 Å². The van der Waals surface area contributed by atoms with Crippen LogP contribution in [0.15, 0.2) is 53.4 Å². The van der Waals surface area contributed by atoms with Gasteiger partial charge in [-0.1, -0.05) is 41.9 Å². The van der Waals surface area contributed by atoms with Crippen molar-refractivity contribution in [2.45, 2.75) is 23.7 Å². The molecule has 2 unspecified atom stereocenters. The van der Waals surface area contributed by atoms with E-state index in [-0.39, 0.29) is 12.3 Å². The third kappa shape index (κ3) is 3.72. The van der Waals surface area contributed by atoms with Crippen LogP contribution in [0.2, 0.25) is 5.02 Å². The quantitative estimate of drug-likeness (QED) is 0.519. The normalized spacial score (nSPS) is 24.2. The van der Waals surface area contributed by atoms with E-state index in [1.54, 1.807) is 12.1 Å². The highest BCUT2D eigenvalue weighted by atomic mass is 35.5. The van der Waals surface area contributed by atoms with Gasteiger partial charge in [-0.25, -0.2) is 9.37 Å². The van der Waals surface area contributed by atoms with Gasteiger partial charge in [-0.2, -0.15) is 10.6 Å². The summed E-state index contributed by atoms with van der Waals surface area (Å²) in [4.78, 5) is 9.37. The number of rotatable bonds is 2. The topological polar surface area (TPSA) is 85.9 Å². The average molecular weight is 463 g/mol. The summed E-state index contributed by atoms with van der Waals surface area (Å²) in [6.07, 6.45) is -1.09. The second-order valence-corrected chi connectivity index (χ2v) is 10.7. The molecule has 1 aromatic heterocycles. The lowest BCUT2D eigenvalue weighted by molar-refractivity contribution is 0.333. The summed E-state index contributed by atoms with van der Waals surface area (Å²) in [5, 5.41) is 1.36. The molecule has 0 spiro atoms. The molecule has 2 aromatic carbocycles. The summed E-state index contributed by atoms with van der Waals surface area (Å²) >= 11 is 6.49. The molecule has 0 saturated carbocycles. The zero-order chi connectivity index (χ0) is 21.8. The number of aromatic nitrogens is 1. The Balaban J connectivity index is 1.62. The van der Waals surface area contributed by atoms with E-state index in [1.807, 2.05) is 46.2 Å². The molecule has 0 radical (unpaired) electrons. The molecule has 31 heavy (non-hydrogen) atoms. The summed E-state index contributed by atoms with van der Waals surface area (Å²) in [6.45, 7) is 1.54. The Morgan fingerprint density at radius 2 is 1.90 bits per heavy atom. The molecule has 0 bridgehead atoms. The Kier molecular flexibility index (Phi) is 5.22. The molecular formula is C22H24ClFN4O2S. The van der Waals surface area contributed by atoms with Gasteiger partial charge in [0.1, 0.15) is 12.0 Å². The van der Waals surface area contributed by atoms with Crippen LogP contribution in [0, 0.1) is 0 Å². The molecule has 6 nitrogen and oxygen atoms in total. The van der Waals surface area contributed by atoms with Crippen LogP contribution in [0.3, 0.4) is 0 Å². The number of alkyl halides is 1. The maximum absolute atomic E-state index is 14.2. The first kappa shape index (κ1) is 20.8. The smallest absolute Gasteiger partial charge is 0.134 e. The Morgan fingerprint density at radius 3 is 2.68 bits per heavy atom. The number of benzene rings is 2. The average Bonchev–Trinajstić information content (AvgIpc) is 3.01. The second-order valence-electron chi connectivity index (χ2n) is 8.12. The minimum atomic E-state index is -2.88. The molecule has 0 amide bonds. The highest BCUT2D eigenvalue weighted by molar-refractivity contribution is 8.24. The number of para-hydroxylation sites is 1. The van der Waals surface area contributed by atoms with E-state index in [2.05, 4.69) is 0 Å². The fourth-order valence-corrected chi connectivity index (χ4v) is 6.13. The highest BCUT2D eigenvalue weighted by Gasteiger charge is 2.32. The fraction of sp³-hybridized carbons (Fsp3) is 0.318. The van der Waals surface area contributed by atoms with Crippen LogP contribution in [0.5, 0.6) is 0 Å². The number of pyridine rings is 1. The van der Waals surface area contributed by atoms with E-state index in [4.69, 9.17) is 22.3 Å². The first-order chi connectivity index (χ1) is 14.8. The van der Waals surface area contributed by atoms with Crippen LogP contribution in [-0.2, 0) is 6.54 Å². The van der Waals surface area contributed by atoms with Crippen molar-refractivity contribution >= 4 is 44.6 Å². The minimum absolute atomic E-state index is 0.211. The first-order valence-electron chi connectivity index (χ1n) is 10.2. The highest BCUT2D eigenvalue weighted by Crippen LogP contribution is 2.51. The van der Waals surface area contributed by atoms with E-state index >= 15 is 0 Å². The molecule has 3 aromatic rings. The standard InChI is InChI=1S/C22H24ClFN4O2S/c23-16-6-3-5-15-19(28-12-17(24)18(25)13-28)10-21(26-22(15)16)27-8-9-31(29,30)20-7-2-1-4-14(20)11-27/h1-7,10,17-18,29-30H,8-9,11-13,25H2. The lowest BCUT2D eigenvalue weighted by Gasteiger charge is -2.32. The van der Waals surface area contributed by atoms with Crippen molar-refractivity contribution in [1.29, 1.82) is 0 Å². The second kappa shape index (κ2) is 7.79. The van der Waals surface area contributed by atoms with Crippen molar-refractivity contribution in [1.82, 2.24) is 4.98 Å². The molecule has 2 aliphatic rings. The van der Waals surface area contributed by atoms with Gasteiger partial charge in [0.2, 0.25) is 0 Å². The van der Waals surface area contributed by atoms with Gasteiger partial charge < -0.3 is 15.5 Å². The zero-order valence-electron chi connectivity index (χ0n) is 16.8. The number of hydrogen-bond donors (Lipinski definition) is 3. The van der Waals surface area contributed by atoms with Gasteiger partial charge in [0, 0.05) is 31.1 Å². The summed E-state index contributed by atoms with van der Waals surface area (Å²) < 4.78 is 35.6. The van der Waals surface area contributed by atoms with Gasteiger partial charge in [0.25, 0.3) is 0 Å². The van der Waals surface area contributed by atoms with Crippen molar-refractivity contribution in [2.75, 3.05) is 35.2 Å². The maximum Gasteiger partial charge on any atom is 0.134 e. The molecule has 4 N–H and O–H groups in total. The first-order valence-corrected chi connectivity index (χ1v) is 12.3. The summed E-state index contributed by atoms with van der Waals surface area (Å²) in [5.41, 5.74) is 8.27. The lowest BCUT2D eigenvalue weighted by atomic mass is 10.1. The molecule has 2 atom stereocenters. The molecule has 3 heterocycles. The predicted octanol–water partition coefficient (Wildman–Crippen LogP) is 4.50. The Morgan fingerprint density at radius 1 is 1.10 bits per heavy atom. The van der Waals surface area contributed by atoms with E-state index in [9.17, 15) is 13.5 Å². The van der Waals surface area contributed by atoms with Gasteiger partial charge in [-0.3, -0.25) is 9.11 Å². The lowest BCUT2D eigenvalue weighted by Crippen LogP contribution is -2.30. The van der Waals surface area contributed by atoms with Crippen molar-refractivity contribution in [3.63, 3.8) is 0 Å². The third-order valence-electron chi connectivity index (χ3n) is 6.04. The minimum Gasteiger partial charge on any atom is -0.366 e. The van der Waals surface area contributed by atoms with Gasteiger partial charge in [0.15, 0.2) is 0 Å². The van der Waals surface area contributed by atoms with Crippen LogP contribution in [0.4, 0.5) is 15.9 Å². The van der Waals surface area contributed by atoms with Crippen molar-refractivity contribution in [3.8, 4) is 0 Å². The van der Waals surface area contributed by atoms with Gasteiger partial charge in [-0.15, -0.1) is 0 Å².